The molecule has 0 spiro atoms. The van der Waals surface area contributed by atoms with E-state index < -0.39 is 15.8 Å². The molecule has 2 atom stereocenters. The third-order valence-corrected chi connectivity index (χ3v) is 10.6. The Morgan fingerprint density at radius 3 is 1.27 bits per heavy atom. The van der Waals surface area contributed by atoms with Gasteiger partial charge >= 0.3 is 34.5 Å². The molecule has 2 heterocycles. The van der Waals surface area contributed by atoms with Crippen molar-refractivity contribution >= 4 is 45.8 Å². The third-order valence-electron chi connectivity index (χ3n) is 7.66. The van der Waals surface area contributed by atoms with Crippen molar-refractivity contribution < 1.29 is 48.3 Å². The molecule has 0 radical (unpaired) electrons. The fourth-order valence-corrected chi connectivity index (χ4v) is 7.12. The summed E-state index contributed by atoms with van der Waals surface area (Å²) in [6.07, 6.45) is 0. The summed E-state index contributed by atoms with van der Waals surface area (Å²) in [6.45, 7) is 9.39. The Hall–Kier alpha value is -2.54. The van der Waals surface area contributed by atoms with Crippen molar-refractivity contribution in [2.75, 3.05) is 54.5 Å². The quantitative estimate of drug-likeness (QED) is 0.137. The molecule has 9 nitrogen and oxygen atoms in total. The standard InChI is InChI=1S/C18H20O5P2.C16H20N2O2.2ClH.Ru/c1-24(2)13-7-5-11-15(21-9-19-11)17(13)23-18-14(25(3)4)8-6-12-16(18)22-10-20-12;1-19-13-7-3-11(4-8-13)15(17)16(18)12-5-9-14(20-2)10-6-12;;;/h5-8H,9-10H2,1-4H3;3-10,15-16H,17-18H2,1-2H3;2*1H;/q;;;;+4. The number of halogens is 2. The van der Waals surface area contributed by atoms with E-state index in [1.54, 1.807) is 14.2 Å². The first kappa shape index (κ1) is 38.3. The van der Waals surface area contributed by atoms with Gasteiger partial charge in [-0.25, -0.2) is 0 Å². The summed E-state index contributed by atoms with van der Waals surface area (Å²) in [5.74, 6) is 5.94. The Morgan fingerprint density at radius 1 is 0.604 bits per heavy atom. The molecule has 0 aromatic heterocycles. The molecular formula is C34H42Cl2N2O7P2Ru+4. The minimum atomic E-state index is -0.752. The Morgan fingerprint density at radius 2 is 0.958 bits per heavy atom. The summed E-state index contributed by atoms with van der Waals surface area (Å²) in [5, 5.41) is 2.36. The molecule has 4 aromatic rings. The van der Waals surface area contributed by atoms with E-state index in [1.807, 2.05) is 60.7 Å². The summed E-state index contributed by atoms with van der Waals surface area (Å²) >= 11 is -0.346. The van der Waals surface area contributed by atoms with Crippen molar-refractivity contribution in [1.82, 2.24) is 0 Å². The normalized spacial score (nSPS) is 13.6. The van der Waals surface area contributed by atoms with Gasteiger partial charge in [0.1, 0.15) is 22.1 Å². The second kappa shape index (κ2) is 18.5. The van der Waals surface area contributed by atoms with E-state index in [-0.39, 0.29) is 40.8 Å². The van der Waals surface area contributed by atoms with Crippen LogP contribution < -0.4 is 55.2 Å². The third kappa shape index (κ3) is 9.37. The Kier molecular flexibility index (Phi) is 14.7. The fourth-order valence-electron chi connectivity index (χ4n) is 5.05. The fraction of sp³-hybridized carbons (Fsp3) is 0.294. The van der Waals surface area contributed by atoms with E-state index in [0.717, 1.165) is 45.6 Å². The van der Waals surface area contributed by atoms with Crippen LogP contribution in [0.4, 0.5) is 0 Å². The van der Waals surface area contributed by atoms with Crippen LogP contribution in [0.2, 0.25) is 0 Å². The van der Waals surface area contributed by atoms with Gasteiger partial charge in [0.05, 0.1) is 40.9 Å². The minimum absolute atomic E-state index is 0.223. The first-order valence-corrected chi connectivity index (χ1v) is 24.4. The van der Waals surface area contributed by atoms with Gasteiger partial charge in [0.25, 0.3) is 0 Å². The molecule has 258 valence electrons. The number of methoxy groups -OCH3 is 2. The van der Waals surface area contributed by atoms with E-state index in [4.69, 9.17) is 64.0 Å². The summed E-state index contributed by atoms with van der Waals surface area (Å²) in [6, 6.07) is 22.9. The van der Waals surface area contributed by atoms with Gasteiger partial charge in [0.15, 0.2) is 11.5 Å². The predicted molar refractivity (Wildman–Crippen MR) is 196 cm³/mol. The van der Waals surface area contributed by atoms with Crippen LogP contribution in [0.1, 0.15) is 23.2 Å². The number of fused-ring (bicyclic) bond motifs is 2. The van der Waals surface area contributed by atoms with E-state index in [2.05, 4.69) is 38.8 Å². The molecule has 14 heteroatoms. The molecule has 2 aliphatic rings. The number of hydrogen-bond acceptors (Lipinski definition) is 9. The van der Waals surface area contributed by atoms with Gasteiger partial charge in [-0.15, -0.1) is 0 Å². The average Bonchev–Trinajstić information content (AvgIpc) is 3.79. The molecule has 0 saturated carbocycles. The molecule has 4 aromatic carbocycles. The Balaban J connectivity index is 0.000000205. The SMILES string of the molecule is COc1ccc(C(N)C(N)c2ccc(OC)cc2)cc1.C[PH+](C)c1ccc2c(c1Oc1c([PH+](C)C)ccc3c1OCO3)OCO2.[Cl][Ru+2][Cl]. The molecule has 0 bridgehead atoms. The van der Waals surface area contributed by atoms with Crippen molar-refractivity contribution in [1.29, 1.82) is 0 Å². The molecule has 4 N–H and O–H groups in total. The summed E-state index contributed by atoms with van der Waals surface area (Å²) in [7, 11) is 11.5. The number of nitrogens with two attached hydrogens (primary N) is 2. The second-order valence-corrected chi connectivity index (χ2v) is 18.8. The molecule has 0 fully saturated rings. The van der Waals surface area contributed by atoms with Crippen LogP contribution in [0.5, 0.6) is 46.0 Å². The van der Waals surface area contributed by atoms with Gasteiger partial charge in [-0.2, -0.15) is 0 Å². The first-order valence-electron chi connectivity index (χ1n) is 14.9. The number of hydrogen-bond donors (Lipinski definition) is 2. The topological polar surface area (TPSA) is 117 Å². The van der Waals surface area contributed by atoms with Crippen molar-refractivity contribution in [3.63, 3.8) is 0 Å². The number of rotatable bonds is 9. The van der Waals surface area contributed by atoms with Gasteiger partial charge in [-0.3, -0.25) is 0 Å². The van der Waals surface area contributed by atoms with Crippen molar-refractivity contribution in [3.8, 4) is 46.0 Å². The summed E-state index contributed by atoms with van der Waals surface area (Å²) in [4.78, 5) is 0. The van der Waals surface area contributed by atoms with E-state index >= 15 is 0 Å². The number of ether oxygens (including phenoxy) is 7. The zero-order valence-corrected chi connectivity index (χ0v) is 32.9. The summed E-state index contributed by atoms with van der Waals surface area (Å²) < 4.78 is 39.3. The molecule has 2 unspecified atom stereocenters. The Bertz CT molecular complexity index is 1510. The van der Waals surface area contributed by atoms with Crippen LogP contribution in [0.15, 0.2) is 72.8 Å². The van der Waals surface area contributed by atoms with Gasteiger partial charge in [0.2, 0.25) is 36.6 Å². The van der Waals surface area contributed by atoms with E-state index in [9.17, 15) is 0 Å². The van der Waals surface area contributed by atoms with E-state index in [0.29, 0.717) is 11.5 Å². The first-order chi connectivity index (χ1) is 23.1. The molecule has 0 aliphatic carbocycles. The van der Waals surface area contributed by atoms with Gasteiger partial charge in [0, 0.05) is 27.9 Å². The maximum atomic E-state index is 6.49. The summed E-state index contributed by atoms with van der Waals surface area (Å²) in [5.41, 5.74) is 14.4. The molecular weight excluding hydrogens is 782 g/mol. The molecule has 48 heavy (non-hydrogen) atoms. The molecule has 0 amide bonds. The average molecular weight is 825 g/mol. The molecule has 6 rings (SSSR count). The maximum absolute atomic E-state index is 6.49. The zero-order valence-electron chi connectivity index (χ0n) is 27.6. The van der Waals surface area contributed by atoms with Crippen molar-refractivity contribution in [2.24, 2.45) is 11.5 Å². The van der Waals surface area contributed by atoms with Gasteiger partial charge in [-0.1, -0.05) is 24.3 Å². The number of benzene rings is 4. The van der Waals surface area contributed by atoms with Crippen LogP contribution in [0, 0.1) is 0 Å². The molecule has 0 saturated heterocycles. The van der Waals surface area contributed by atoms with Gasteiger partial charge in [-0.05, 0) is 59.7 Å². The van der Waals surface area contributed by atoms with Crippen molar-refractivity contribution in [2.45, 2.75) is 12.1 Å². The molecule has 2 aliphatic heterocycles. The predicted octanol–water partition coefficient (Wildman–Crippen LogP) is 6.91. The van der Waals surface area contributed by atoms with Crippen molar-refractivity contribution in [3.05, 3.63) is 83.9 Å². The van der Waals surface area contributed by atoms with Gasteiger partial charge < -0.3 is 44.6 Å². The zero-order chi connectivity index (χ0) is 34.8. The van der Waals surface area contributed by atoms with Crippen LogP contribution in [0.3, 0.4) is 0 Å². The van der Waals surface area contributed by atoms with Crippen LogP contribution in [-0.2, 0) is 15.1 Å². The monoisotopic (exact) mass is 824 g/mol. The Labute approximate surface area is 300 Å². The van der Waals surface area contributed by atoms with Crippen LogP contribution >= 0.6 is 35.2 Å². The van der Waals surface area contributed by atoms with Crippen LogP contribution in [-0.4, -0.2) is 54.5 Å². The van der Waals surface area contributed by atoms with Crippen LogP contribution in [0.25, 0.3) is 0 Å². The van der Waals surface area contributed by atoms with E-state index in [1.165, 1.54) is 10.6 Å². The second-order valence-electron chi connectivity index (χ2n) is 11.1.